The molecule has 18 heavy (non-hydrogen) atoms. The van der Waals surface area contributed by atoms with Crippen molar-refractivity contribution in [3.63, 3.8) is 0 Å². The van der Waals surface area contributed by atoms with Gasteiger partial charge in [-0.15, -0.1) is 6.58 Å². The van der Waals surface area contributed by atoms with Gasteiger partial charge >= 0.3 is 0 Å². The Hall–Kier alpha value is -0.920. The second-order valence-corrected chi connectivity index (χ2v) is 6.15. The maximum absolute atomic E-state index is 11.7. The van der Waals surface area contributed by atoms with Crippen LogP contribution in [-0.4, -0.2) is 62.6 Å². The van der Waals surface area contributed by atoms with E-state index in [1.54, 1.807) is 6.08 Å². The van der Waals surface area contributed by atoms with Gasteiger partial charge in [-0.3, -0.25) is 9.69 Å². The number of allylic oxidation sites excluding steroid dienone is 1. The van der Waals surface area contributed by atoms with E-state index in [4.69, 9.17) is 5.14 Å². The molecule has 104 valence electrons. The van der Waals surface area contributed by atoms with Gasteiger partial charge in [0, 0.05) is 39.1 Å². The van der Waals surface area contributed by atoms with E-state index in [1.165, 1.54) is 0 Å². The highest BCUT2D eigenvalue weighted by Gasteiger charge is 2.20. The van der Waals surface area contributed by atoms with Crippen molar-refractivity contribution in [2.24, 2.45) is 5.14 Å². The molecule has 1 fully saturated rings. The smallest absolute Gasteiger partial charge is 0.222 e. The Morgan fingerprint density at radius 2 is 1.89 bits per heavy atom. The highest BCUT2D eigenvalue weighted by Crippen LogP contribution is 2.05. The Morgan fingerprint density at radius 1 is 1.28 bits per heavy atom. The van der Waals surface area contributed by atoms with E-state index in [9.17, 15) is 13.2 Å². The lowest BCUT2D eigenvalue weighted by atomic mass is 10.2. The summed E-state index contributed by atoms with van der Waals surface area (Å²) in [6.45, 7) is 6.74. The van der Waals surface area contributed by atoms with Gasteiger partial charge in [-0.2, -0.15) is 0 Å². The maximum atomic E-state index is 11.7. The summed E-state index contributed by atoms with van der Waals surface area (Å²) in [5.74, 6) is 0.109. The van der Waals surface area contributed by atoms with E-state index in [1.807, 2.05) is 9.80 Å². The summed E-state index contributed by atoms with van der Waals surface area (Å²) in [5, 5.41) is 4.95. The van der Waals surface area contributed by atoms with Crippen LogP contribution in [0, 0.1) is 0 Å². The molecule has 0 aromatic carbocycles. The van der Waals surface area contributed by atoms with Crippen molar-refractivity contribution in [1.82, 2.24) is 9.80 Å². The van der Waals surface area contributed by atoms with Crippen LogP contribution in [0.1, 0.15) is 12.8 Å². The minimum atomic E-state index is -3.40. The van der Waals surface area contributed by atoms with Crippen LogP contribution in [-0.2, 0) is 14.8 Å². The molecule has 0 unspecified atom stereocenters. The van der Waals surface area contributed by atoms with Crippen LogP contribution in [0.15, 0.2) is 12.7 Å². The fraction of sp³-hybridized carbons (Fsp3) is 0.727. The number of nitrogens with zero attached hydrogens (tertiary/aromatic N) is 2. The normalized spacial score (nSPS) is 17.7. The predicted molar refractivity (Wildman–Crippen MR) is 70.4 cm³/mol. The highest BCUT2D eigenvalue weighted by atomic mass is 32.2. The molecule has 1 aliphatic rings. The van der Waals surface area contributed by atoms with Gasteiger partial charge in [-0.25, -0.2) is 13.6 Å². The van der Waals surface area contributed by atoms with Gasteiger partial charge in [-0.1, -0.05) is 6.08 Å². The SMILES string of the molecule is C=CCCC(=O)N1CCN(CCS(N)(=O)=O)CC1. The fourth-order valence-corrected chi connectivity index (χ4v) is 2.37. The number of primary sulfonamides is 1. The van der Waals surface area contributed by atoms with Crippen molar-refractivity contribution in [1.29, 1.82) is 0 Å². The summed E-state index contributed by atoms with van der Waals surface area (Å²) < 4.78 is 21.7. The summed E-state index contributed by atoms with van der Waals surface area (Å²) in [7, 11) is -3.40. The van der Waals surface area contributed by atoms with Gasteiger partial charge in [0.05, 0.1) is 5.75 Å². The lowest BCUT2D eigenvalue weighted by Gasteiger charge is -2.34. The second kappa shape index (κ2) is 6.86. The number of nitrogens with two attached hydrogens (primary N) is 1. The largest absolute Gasteiger partial charge is 0.340 e. The Kier molecular flexibility index (Phi) is 5.77. The minimum Gasteiger partial charge on any atom is -0.340 e. The molecule has 0 saturated carbocycles. The molecule has 1 heterocycles. The predicted octanol–water partition coefficient (Wildman–Crippen LogP) is -0.615. The zero-order valence-corrected chi connectivity index (χ0v) is 11.4. The van der Waals surface area contributed by atoms with Gasteiger partial charge in [-0.05, 0) is 6.42 Å². The third-order valence-electron chi connectivity index (χ3n) is 2.98. The van der Waals surface area contributed by atoms with Crippen molar-refractivity contribution in [2.45, 2.75) is 12.8 Å². The summed E-state index contributed by atoms with van der Waals surface area (Å²) >= 11 is 0. The molecule has 6 nitrogen and oxygen atoms in total. The van der Waals surface area contributed by atoms with Crippen LogP contribution in [0.5, 0.6) is 0 Å². The molecule has 7 heteroatoms. The van der Waals surface area contributed by atoms with Crippen molar-refractivity contribution in [3.8, 4) is 0 Å². The van der Waals surface area contributed by atoms with Crippen LogP contribution in [0.25, 0.3) is 0 Å². The maximum Gasteiger partial charge on any atom is 0.222 e. The average molecular weight is 275 g/mol. The molecule has 0 aliphatic carbocycles. The minimum absolute atomic E-state index is 0.0303. The van der Waals surface area contributed by atoms with E-state index in [0.717, 1.165) is 0 Å². The van der Waals surface area contributed by atoms with Gasteiger partial charge in [0.15, 0.2) is 0 Å². The van der Waals surface area contributed by atoms with Crippen molar-refractivity contribution in [3.05, 3.63) is 12.7 Å². The lowest BCUT2D eigenvalue weighted by molar-refractivity contribution is -0.132. The standard InChI is InChI=1S/C11H21N3O3S/c1-2-3-4-11(15)14-7-5-13(6-8-14)9-10-18(12,16)17/h2H,1,3-10H2,(H2,12,16,17). The summed E-state index contributed by atoms with van der Waals surface area (Å²) in [6, 6.07) is 0. The monoisotopic (exact) mass is 275 g/mol. The van der Waals surface area contributed by atoms with E-state index in [2.05, 4.69) is 6.58 Å². The van der Waals surface area contributed by atoms with Gasteiger partial charge in [0.1, 0.15) is 0 Å². The Labute approximate surface area is 108 Å². The zero-order chi connectivity index (χ0) is 13.6. The highest BCUT2D eigenvalue weighted by molar-refractivity contribution is 7.89. The molecule has 0 radical (unpaired) electrons. The molecule has 1 amide bonds. The van der Waals surface area contributed by atoms with Crippen LogP contribution >= 0.6 is 0 Å². The fourth-order valence-electron chi connectivity index (χ4n) is 1.86. The third-order valence-corrected chi connectivity index (χ3v) is 3.73. The Balaban J connectivity index is 2.28. The zero-order valence-electron chi connectivity index (χ0n) is 10.5. The molecule has 0 spiro atoms. The van der Waals surface area contributed by atoms with Crippen molar-refractivity contribution < 1.29 is 13.2 Å². The first-order chi connectivity index (χ1) is 8.42. The first-order valence-corrected chi connectivity index (χ1v) is 7.75. The summed E-state index contributed by atoms with van der Waals surface area (Å²) in [5.41, 5.74) is 0. The molecule has 0 atom stereocenters. The first-order valence-electron chi connectivity index (χ1n) is 6.04. The van der Waals surface area contributed by atoms with E-state index < -0.39 is 10.0 Å². The number of rotatable bonds is 6. The number of amides is 1. The number of hydrogen-bond donors (Lipinski definition) is 1. The van der Waals surface area contributed by atoms with E-state index in [-0.39, 0.29) is 11.7 Å². The average Bonchev–Trinajstić information content (AvgIpc) is 2.33. The molecular weight excluding hydrogens is 254 g/mol. The molecule has 2 N–H and O–H groups in total. The molecule has 0 aromatic rings. The first kappa shape index (κ1) is 15.1. The third kappa shape index (κ3) is 5.61. The number of carbonyl (C=O) groups is 1. The number of sulfonamides is 1. The van der Waals surface area contributed by atoms with Gasteiger partial charge in [0.2, 0.25) is 15.9 Å². The number of piperazine rings is 1. The number of hydrogen-bond acceptors (Lipinski definition) is 4. The molecule has 1 aliphatic heterocycles. The number of carbonyl (C=O) groups excluding carboxylic acids is 1. The van der Waals surface area contributed by atoms with Crippen LogP contribution in [0.4, 0.5) is 0 Å². The van der Waals surface area contributed by atoms with E-state index >= 15 is 0 Å². The summed E-state index contributed by atoms with van der Waals surface area (Å²) in [4.78, 5) is 15.6. The van der Waals surface area contributed by atoms with E-state index in [0.29, 0.717) is 45.6 Å². The second-order valence-electron chi connectivity index (χ2n) is 4.42. The molecular formula is C11H21N3O3S. The molecule has 0 aromatic heterocycles. The molecule has 1 rings (SSSR count). The lowest BCUT2D eigenvalue weighted by Crippen LogP contribution is -2.49. The van der Waals surface area contributed by atoms with Gasteiger partial charge < -0.3 is 4.90 Å². The summed E-state index contributed by atoms with van der Waals surface area (Å²) in [6.07, 6.45) is 2.94. The molecule has 0 bridgehead atoms. The Bertz CT molecular complexity index is 386. The van der Waals surface area contributed by atoms with Crippen LogP contribution in [0.2, 0.25) is 0 Å². The van der Waals surface area contributed by atoms with Gasteiger partial charge in [0.25, 0.3) is 0 Å². The van der Waals surface area contributed by atoms with Crippen molar-refractivity contribution in [2.75, 3.05) is 38.5 Å². The topological polar surface area (TPSA) is 83.7 Å². The molecule has 1 saturated heterocycles. The van der Waals surface area contributed by atoms with Crippen LogP contribution in [0.3, 0.4) is 0 Å². The quantitative estimate of drug-likeness (QED) is 0.655. The Morgan fingerprint density at radius 3 is 2.39 bits per heavy atom. The van der Waals surface area contributed by atoms with Crippen molar-refractivity contribution >= 4 is 15.9 Å². The van der Waals surface area contributed by atoms with Crippen LogP contribution < -0.4 is 5.14 Å².